The van der Waals surface area contributed by atoms with E-state index in [4.69, 9.17) is 0 Å². The molecule has 0 bridgehead atoms. The van der Waals surface area contributed by atoms with Gasteiger partial charge in [-0.25, -0.2) is 0 Å². The minimum Gasteiger partial charge on any atom is -0.390 e. The average molecular weight is 377 g/mol. The Morgan fingerprint density at radius 1 is 1.11 bits per heavy atom. The van der Waals surface area contributed by atoms with Gasteiger partial charge in [0.25, 0.3) is 0 Å². The highest BCUT2D eigenvalue weighted by atomic mass is 16.3. The minimum atomic E-state index is -0.716. The van der Waals surface area contributed by atoms with E-state index >= 15 is 0 Å². The first kappa shape index (κ1) is 20.6. The molecule has 0 aromatic heterocycles. The molecule has 4 unspecified atom stereocenters. The zero-order chi connectivity index (χ0) is 20.1. The van der Waals surface area contributed by atoms with Gasteiger partial charge < -0.3 is 10.2 Å². The summed E-state index contributed by atoms with van der Waals surface area (Å²) in [6.45, 7) is 8.20. The van der Waals surface area contributed by atoms with Crippen molar-refractivity contribution >= 4 is 0 Å². The molecule has 2 heteroatoms. The van der Waals surface area contributed by atoms with Crippen LogP contribution in [0.2, 0.25) is 0 Å². The van der Waals surface area contributed by atoms with Gasteiger partial charge in [0.15, 0.2) is 0 Å². The second-order valence-corrected chi connectivity index (χ2v) is 7.98. The molecule has 0 aromatic rings. The first-order valence-electron chi connectivity index (χ1n) is 10.4. The molecule has 2 N–H and O–H groups in total. The molecule has 148 valence electrons. The maximum absolute atomic E-state index is 10.6. The fourth-order valence-corrected chi connectivity index (χ4v) is 4.40. The zero-order valence-corrected chi connectivity index (χ0v) is 17.0. The number of aliphatic hydroxyl groups excluding tert-OH is 2. The molecule has 3 rings (SSSR count). The molecule has 0 aliphatic heterocycles. The van der Waals surface area contributed by atoms with E-state index in [1.165, 1.54) is 22.3 Å². The quantitative estimate of drug-likeness (QED) is 0.649. The summed E-state index contributed by atoms with van der Waals surface area (Å²) in [5.41, 5.74) is 6.01. The molecule has 0 amide bonds. The van der Waals surface area contributed by atoms with Crippen molar-refractivity contribution in [2.24, 2.45) is 11.8 Å². The van der Waals surface area contributed by atoms with Crippen molar-refractivity contribution in [2.75, 3.05) is 0 Å². The van der Waals surface area contributed by atoms with Gasteiger partial charge in [0.2, 0.25) is 0 Å². The topological polar surface area (TPSA) is 40.5 Å². The molecule has 0 aromatic carbocycles. The molecule has 3 aliphatic carbocycles. The standard InChI is InChI=1S/C26H32O2/c1-4-18(12-20-14-22-10-8-7-9-11-23(22)15-20)13-21(6-3)24-16-19(5-2)17-25(27)26(24)28/h4,6-11,13-15,19,24-28H,3,5,12,16-17H2,1-2H3/b18-4-,21-13+. The third-order valence-corrected chi connectivity index (χ3v) is 6.13. The molecule has 1 saturated carbocycles. The summed E-state index contributed by atoms with van der Waals surface area (Å²) in [5, 5.41) is 20.9. The molecule has 3 aliphatic rings. The molecule has 0 saturated heterocycles. The highest BCUT2D eigenvalue weighted by Gasteiger charge is 2.36. The van der Waals surface area contributed by atoms with Gasteiger partial charge in [0, 0.05) is 5.92 Å². The van der Waals surface area contributed by atoms with Crippen molar-refractivity contribution in [1.29, 1.82) is 0 Å². The van der Waals surface area contributed by atoms with Crippen LogP contribution in [0, 0.1) is 11.8 Å². The number of hydrogen-bond acceptors (Lipinski definition) is 2. The maximum atomic E-state index is 10.6. The summed E-state index contributed by atoms with van der Waals surface area (Å²) in [6.07, 6.45) is 8.23. The first-order valence-corrected chi connectivity index (χ1v) is 10.4. The third-order valence-electron chi connectivity index (χ3n) is 6.13. The summed E-state index contributed by atoms with van der Waals surface area (Å²) >= 11 is 0. The van der Waals surface area contributed by atoms with Crippen LogP contribution in [-0.2, 0) is 6.42 Å². The van der Waals surface area contributed by atoms with E-state index in [9.17, 15) is 10.2 Å². The largest absolute Gasteiger partial charge is 0.390 e. The highest BCUT2D eigenvalue weighted by Crippen LogP contribution is 2.37. The van der Waals surface area contributed by atoms with Gasteiger partial charge in [0.1, 0.15) is 0 Å². The van der Waals surface area contributed by atoms with E-state index in [1.54, 1.807) is 0 Å². The van der Waals surface area contributed by atoms with Crippen LogP contribution in [0.15, 0.2) is 78.4 Å². The van der Waals surface area contributed by atoms with Gasteiger partial charge in [0.05, 0.1) is 12.2 Å². The second kappa shape index (κ2) is 9.36. The Labute approximate surface area is 169 Å². The van der Waals surface area contributed by atoms with Crippen molar-refractivity contribution in [3.8, 4) is 11.1 Å². The first-order chi connectivity index (χ1) is 13.5. The van der Waals surface area contributed by atoms with E-state index in [0.717, 1.165) is 24.8 Å². The van der Waals surface area contributed by atoms with Gasteiger partial charge in [-0.15, -0.1) is 0 Å². The molecule has 4 atom stereocenters. The predicted molar refractivity (Wildman–Crippen MR) is 117 cm³/mol. The lowest BCUT2D eigenvalue weighted by Crippen LogP contribution is -2.41. The van der Waals surface area contributed by atoms with Crippen LogP contribution < -0.4 is 0 Å². The lowest BCUT2D eigenvalue weighted by Gasteiger charge is -2.37. The van der Waals surface area contributed by atoms with Crippen LogP contribution in [0.25, 0.3) is 11.1 Å². The summed E-state index contributed by atoms with van der Waals surface area (Å²) in [4.78, 5) is 0. The van der Waals surface area contributed by atoms with Crippen LogP contribution in [0.4, 0.5) is 0 Å². The molecule has 2 nitrogen and oxygen atoms in total. The van der Waals surface area contributed by atoms with E-state index < -0.39 is 12.2 Å². The molecule has 0 radical (unpaired) electrons. The Balaban J connectivity index is 1.83. The van der Waals surface area contributed by atoms with E-state index in [1.807, 2.05) is 12.1 Å². The normalized spacial score (nSPS) is 26.4. The van der Waals surface area contributed by atoms with E-state index in [2.05, 4.69) is 69.0 Å². The molecular weight excluding hydrogens is 344 g/mol. The Bertz CT molecular complexity index is 801. The number of aliphatic hydroxyl groups is 2. The van der Waals surface area contributed by atoms with Crippen LogP contribution in [0.1, 0.15) is 38.7 Å². The van der Waals surface area contributed by atoms with Crippen LogP contribution in [0.5, 0.6) is 0 Å². The van der Waals surface area contributed by atoms with Gasteiger partial charge in [-0.2, -0.15) is 0 Å². The lowest BCUT2D eigenvalue weighted by atomic mass is 9.73. The predicted octanol–water partition coefficient (Wildman–Crippen LogP) is 5.55. The fourth-order valence-electron chi connectivity index (χ4n) is 4.40. The SMILES string of the molecule is C=C/C(=C\C(=C/C)Cc1cc2cccccc-2c1)C1CC(CC)CC(O)C1O. The Kier molecular flexibility index (Phi) is 6.88. The highest BCUT2D eigenvalue weighted by molar-refractivity contribution is 5.68. The van der Waals surface area contributed by atoms with Crippen molar-refractivity contribution in [2.45, 2.75) is 51.7 Å². The third kappa shape index (κ3) is 4.63. The van der Waals surface area contributed by atoms with Crippen molar-refractivity contribution < 1.29 is 10.2 Å². The van der Waals surface area contributed by atoms with Crippen molar-refractivity contribution in [3.63, 3.8) is 0 Å². The summed E-state index contributed by atoms with van der Waals surface area (Å²) in [6, 6.07) is 15.0. The fraction of sp³-hybridized carbons (Fsp3) is 0.385. The van der Waals surface area contributed by atoms with E-state index in [0.29, 0.717) is 12.3 Å². The molecule has 28 heavy (non-hydrogen) atoms. The van der Waals surface area contributed by atoms with Gasteiger partial charge in [-0.05, 0) is 59.9 Å². The number of fused-ring (bicyclic) bond motifs is 1. The smallest absolute Gasteiger partial charge is 0.0867 e. The summed E-state index contributed by atoms with van der Waals surface area (Å²) in [7, 11) is 0. The van der Waals surface area contributed by atoms with Crippen LogP contribution >= 0.6 is 0 Å². The minimum absolute atomic E-state index is 0.0565. The zero-order valence-electron chi connectivity index (χ0n) is 17.0. The Morgan fingerprint density at radius 2 is 1.79 bits per heavy atom. The average Bonchev–Trinajstić information content (AvgIpc) is 2.95. The maximum Gasteiger partial charge on any atom is 0.0867 e. The van der Waals surface area contributed by atoms with Gasteiger partial charge in [-0.3, -0.25) is 0 Å². The Hall–Kier alpha value is -2.16. The van der Waals surface area contributed by atoms with Crippen molar-refractivity contribution in [1.82, 2.24) is 0 Å². The van der Waals surface area contributed by atoms with Crippen LogP contribution in [-0.4, -0.2) is 22.4 Å². The molecule has 0 spiro atoms. The van der Waals surface area contributed by atoms with Crippen molar-refractivity contribution in [3.05, 3.63) is 84.0 Å². The molecule has 0 heterocycles. The number of hydrogen-bond donors (Lipinski definition) is 2. The van der Waals surface area contributed by atoms with Gasteiger partial charge in [-0.1, -0.05) is 80.6 Å². The lowest BCUT2D eigenvalue weighted by molar-refractivity contribution is -0.0510. The summed E-state index contributed by atoms with van der Waals surface area (Å²) < 4.78 is 0. The molecular formula is C26H32O2. The Morgan fingerprint density at radius 3 is 2.36 bits per heavy atom. The van der Waals surface area contributed by atoms with E-state index in [-0.39, 0.29) is 5.92 Å². The number of rotatable bonds is 6. The number of allylic oxidation sites excluding steroid dienone is 4. The van der Waals surface area contributed by atoms with Crippen LogP contribution in [0.3, 0.4) is 0 Å². The second-order valence-electron chi connectivity index (χ2n) is 7.98. The monoisotopic (exact) mass is 376 g/mol. The van der Waals surface area contributed by atoms with Gasteiger partial charge >= 0.3 is 0 Å². The molecule has 1 fully saturated rings. The summed E-state index contributed by atoms with van der Waals surface area (Å²) in [5.74, 6) is 0.390.